The number of benzene rings is 1. The van der Waals surface area contributed by atoms with Crippen molar-refractivity contribution in [3.8, 4) is 11.5 Å². The van der Waals surface area contributed by atoms with Gasteiger partial charge >= 0.3 is 0 Å². The molecule has 2 heterocycles. The number of hydrogen-bond acceptors (Lipinski definition) is 4. The quantitative estimate of drug-likeness (QED) is 0.625. The lowest BCUT2D eigenvalue weighted by molar-refractivity contribution is 0.174. The van der Waals surface area contributed by atoms with E-state index in [0.29, 0.717) is 6.79 Å². The Labute approximate surface area is 141 Å². The van der Waals surface area contributed by atoms with Crippen LogP contribution in [0, 0.1) is 0 Å². The second kappa shape index (κ2) is 8.19. The van der Waals surface area contributed by atoms with Gasteiger partial charge in [-0.25, -0.2) is 0 Å². The minimum absolute atomic E-state index is 0.310. The molecule has 6 heteroatoms. The Hall–Kier alpha value is -2.76. The number of rotatable bonds is 6. The van der Waals surface area contributed by atoms with Crippen LogP contribution in [0.25, 0.3) is 0 Å². The van der Waals surface area contributed by atoms with Crippen LogP contribution in [0.1, 0.15) is 11.1 Å². The number of nitrogens with one attached hydrogen (secondary N) is 2. The zero-order valence-corrected chi connectivity index (χ0v) is 13.8. The predicted octanol–water partition coefficient (Wildman–Crippen LogP) is 1.76. The molecule has 0 spiro atoms. The third-order valence-corrected chi connectivity index (χ3v) is 3.80. The van der Waals surface area contributed by atoms with E-state index in [1.54, 1.807) is 13.2 Å². The van der Waals surface area contributed by atoms with E-state index in [1.807, 2.05) is 24.4 Å². The van der Waals surface area contributed by atoms with E-state index in [4.69, 9.17) is 9.47 Å². The topological polar surface area (TPSA) is 67.8 Å². The highest BCUT2D eigenvalue weighted by Crippen LogP contribution is 2.32. The summed E-state index contributed by atoms with van der Waals surface area (Å²) in [4.78, 5) is 8.36. The molecule has 2 aromatic rings. The number of nitrogens with zero attached hydrogens (tertiary/aromatic N) is 2. The van der Waals surface area contributed by atoms with Crippen molar-refractivity contribution in [2.24, 2.45) is 4.99 Å². The molecule has 24 heavy (non-hydrogen) atoms. The lowest BCUT2D eigenvalue weighted by Gasteiger charge is -2.12. The zero-order chi connectivity index (χ0) is 16.6. The molecule has 0 unspecified atom stereocenters. The van der Waals surface area contributed by atoms with Gasteiger partial charge in [-0.15, -0.1) is 0 Å². The number of guanidine groups is 1. The summed E-state index contributed by atoms with van der Waals surface area (Å²) in [5.74, 6) is 2.45. The highest BCUT2D eigenvalue weighted by Gasteiger charge is 2.12. The lowest BCUT2D eigenvalue weighted by Crippen LogP contribution is -2.39. The van der Waals surface area contributed by atoms with E-state index in [-0.39, 0.29) is 0 Å². The molecule has 0 saturated heterocycles. The number of ether oxygens (including phenoxy) is 2. The van der Waals surface area contributed by atoms with E-state index < -0.39 is 0 Å². The third kappa shape index (κ3) is 4.38. The average Bonchev–Trinajstić information content (AvgIpc) is 3.09. The van der Waals surface area contributed by atoms with Gasteiger partial charge in [-0.05, 0) is 42.2 Å². The first-order chi connectivity index (χ1) is 11.8. The third-order valence-electron chi connectivity index (χ3n) is 3.80. The van der Waals surface area contributed by atoms with Crippen molar-refractivity contribution >= 4 is 5.96 Å². The van der Waals surface area contributed by atoms with Crippen LogP contribution in [0.3, 0.4) is 0 Å². The molecule has 1 aromatic carbocycles. The maximum atomic E-state index is 5.40. The SMILES string of the molecule is CN=C(NCCc1cccnc1)NCCc1ccc2c(c1)OCO2. The van der Waals surface area contributed by atoms with Crippen molar-refractivity contribution in [3.05, 3.63) is 53.9 Å². The summed E-state index contributed by atoms with van der Waals surface area (Å²) in [7, 11) is 1.78. The Kier molecular flexibility index (Phi) is 5.50. The molecule has 0 atom stereocenters. The smallest absolute Gasteiger partial charge is 0.231 e. The van der Waals surface area contributed by atoms with Crippen molar-refractivity contribution < 1.29 is 9.47 Å². The fourth-order valence-electron chi connectivity index (χ4n) is 2.51. The number of aliphatic imine (C=N–C) groups is 1. The van der Waals surface area contributed by atoms with Gasteiger partial charge in [-0.1, -0.05) is 12.1 Å². The molecule has 1 aliphatic rings. The zero-order valence-electron chi connectivity index (χ0n) is 13.8. The fourth-order valence-corrected chi connectivity index (χ4v) is 2.51. The molecule has 126 valence electrons. The standard InChI is InChI=1S/C18H22N4O2/c1-19-18(22-10-7-15-3-2-8-20-12-15)21-9-6-14-4-5-16-17(11-14)24-13-23-16/h2-5,8,11-12H,6-7,9-10,13H2,1H3,(H2,19,21,22). The van der Waals surface area contributed by atoms with Crippen LogP contribution in [0.5, 0.6) is 11.5 Å². The Morgan fingerprint density at radius 2 is 1.88 bits per heavy atom. The summed E-state index contributed by atoms with van der Waals surface area (Å²) in [6, 6.07) is 10.1. The monoisotopic (exact) mass is 326 g/mol. The number of hydrogen-bond donors (Lipinski definition) is 2. The van der Waals surface area contributed by atoms with E-state index >= 15 is 0 Å². The van der Waals surface area contributed by atoms with Crippen LogP contribution in [0.15, 0.2) is 47.7 Å². The minimum Gasteiger partial charge on any atom is -0.454 e. The summed E-state index contributed by atoms with van der Waals surface area (Å²) >= 11 is 0. The summed E-state index contributed by atoms with van der Waals surface area (Å²) in [6.07, 6.45) is 5.47. The molecule has 0 fully saturated rings. The molecule has 0 bridgehead atoms. The molecule has 3 rings (SSSR count). The van der Waals surface area contributed by atoms with Crippen LogP contribution < -0.4 is 20.1 Å². The first-order valence-electron chi connectivity index (χ1n) is 8.07. The van der Waals surface area contributed by atoms with Crippen molar-refractivity contribution in [2.75, 3.05) is 26.9 Å². The summed E-state index contributed by atoms with van der Waals surface area (Å²) in [5.41, 5.74) is 2.42. The average molecular weight is 326 g/mol. The molecule has 0 amide bonds. The maximum absolute atomic E-state index is 5.40. The summed E-state index contributed by atoms with van der Waals surface area (Å²) < 4.78 is 10.7. The van der Waals surface area contributed by atoms with Gasteiger partial charge < -0.3 is 20.1 Å². The van der Waals surface area contributed by atoms with Crippen LogP contribution in [0.4, 0.5) is 0 Å². The van der Waals surface area contributed by atoms with Gasteiger partial charge in [0.15, 0.2) is 17.5 Å². The molecule has 0 radical (unpaired) electrons. The van der Waals surface area contributed by atoms with E-state index in [0.717, 1.165) is 43.4 Å². The van der Waals surface area contributed by atoms with E-state index in [9.17, 15) is 0 Å². The normalized spacial score (nSPS) is 13.0. The maximum Gasteiger partial charge on any atom is 0.231 e. The summed E-state index contributed by atoms with van der Waals surface area (Å²) in [5, 5.41) is 6.64. The van der Waals surface area contributed by atoms with Gasteiger partial charge in [0.1, 0.15) is 0 Å². The van der Waals surface area contributed by atoms with Crippen molar-refractivity contribution in [2.45, 2.75) is 12.8 Å². The van der Waals surface area contributed by atoms with Crippen LogP contribution in [-0.4, -0.2) is 37.9 Å². The first kappa shape index (κ1) is 16.1. The van der Waals surface area contributed by atoms with Crippen LogP contribution >= 0.6 is 0 Å². The number of aromatic nitrogens is 1. The van der Waals surface area contributed by atoms with E-state index in [2.05, 4.69) is 32.7 Å². The van der Waals surface area contributed by atoms with Crippen LogP contribution in [0.2, 0.25) is 0 Å². The molecule has 2 N–H and O–H groups in total. The fraction of sp³-hybridized carbons (Fsp3) is 0.333. The van der Waals surface area contributed by atoms with Gasteiger partial charge in [0, 0.05) is 32.5 Å². The second-order valence-electron chi connectivity index (χ2n) is 5.47. The highest BCUT2D eigenvalue weighted by molar-refractivity contribution is 5.79. The molecule has 0 saturated carbocycles. The van der Waals surface area contributed by atoms with Gasteiger partial charge in [0.05, 0.1) is 0 Å². The Balaban J connectivity index is 1.40. The van der Waals surface area contributed by atoms with Crippen molar-refractivity contribution in [1.82, 2.24) is 15.6 Å². The molecule has 1 aromatic heterocycles. The Morgan fingerprint density at radius 3 is 2.62 bits per heavy atom. The molecular formula is C18H22N4O2. The van der Waals surface area contributed by atoms with Crippen molar-refractivity contribution in [3.63, 3.8) is 0 Å². The predicted molar refractivity (Wildman–Crippen MR) is 93.6 cm³/mol. The molecule has 1 aliphatic heterocycles. The molecular weight excluding hydrogens is 304 g/mol. The molecule has 0 aliphatic carbocycles. The minimum atomic E-state index is 0.310. The van der Waals surface area contributed by atoms with Crippen LogP contribution in [-0.2, 0) is 12.8 Å². The number of pyridine rings is 1. The van der Waals surface area contributed by atoms with E-state index in [1.165, 1.54) is 11.1 Å². The summed E-state index contributed by atoms with van der Waals surface area (Å²) in [6.45, 7) is 1.92. The van der Waals surface area contributed by atoms with Crippen molar-refractivity contribution in [1.29, 1.82) is 0 Å². The Morgan fingerprint density at radius 1 is 1.08 bits per heavy atom. The number of fused-ring (bicyclic) bond motifs is 1. The highest BCUT2D eigenvalue weighted by atomic mass is 16.7. The van der Waals surface area contributed by atoms with Gasteiger partial charge in [-0.3, -0.25) is 9.98 Å². The van der Waals surface area contributed by atoms with Gasteiger partial charge in [0.2, 0.25) is 6.79 Å². The largest absolute Gasteiger partial charge is 0.454 e. The van der Waals surface area contributed by atoms with Gasteiger partial charge in [-0.2, -0.15) is 0 Å². The second-order valence-corrected chi connectivity index (χ2v) is 5.47. The lowest BCUT2D eigenvalue weighted by atomic mass is 10.1. The Bertz CT molecular complexity index is 689. The van der Waals surface area contributed by atoms with Gasteiger partial charge in [0.25, 0.3) is 0 Å². The first-order valence-corrected chi connectivity index (χ1v) is 8.07. The molecule has 6 nitrogen and oxygen atoms in total.